The number of carbonyl (C=O) groups excluding carboxylic acids is 2. The van der Waals surface area contributed by atoms with Gasteiger partial charge < -0.3 is 5.73 Å². The molecule has 0 saturated heterocycles. The summed E-state index contributed by atoms with van der Waals surface area (Å²) in [6.45, 7) is 1.77. The molecule has 0 aromatic heterocycles. The van der Waals surface area contributed by atoms with Crippen LogP contribution in [0.4, 0.5) is 11.4 Å². The van der Waals surface area contributed by atoms with Crippen molar-refractivity contribution in [3.8, 4) is 0 Å². The first kappa shape index (κ1) is 14.0. The second-order valence-corrected chi connectivity index (χ2v) is 4.66. The van der Waals surface area contributed by atoms with Gasteiger partial charge >= 0.3 is 0 Å². The summed E-state index contributed by atoms with van der Waals surface area (Å²) >= 11 is 0. The number of benzene rings is 1. The van der Waals surface area contributed by atoms with Crippen molar-refractivity contribution in [2.45, 2.75) is 32.2 Å². The molecule has 1 aromatic carbocycles. The summed E-state index contributed by atoms with van der Waals surface area (Å²) < 4.78 is 0. The van der Waals surface area contributed by atoms with Crippen molar-refractivity contribution in [1.82, 2.24) is 0 Å². The number of aryl methyl sites for hydroxylation is 1. The number of carbonyl (C=O) groups is 2. The highest BCUT2D eigenvalue weighted by atomic mass is 16.6. The molecule has 0 fully saturated rings. The van der Waals surface area contributed by atoms with Gasteiger partial charge in [-0.2, -0.15) is 0 Å². The van der Waals surface area contributed by atoms with Crippen molar-refractivity contribution < 1.29 is 14.5 Å². The Morgan fingerprint density at radius 1 is 1.50 bits per heavy atom. The molecule has 1 unspecified atom stereocenters. The van der Waals surface area contributed by atoms with Crippen molar-refractivity contribution in [2.24, 2.45) is 5.73 Å². The molecular weight excluding hydrogens is 262 g/mol. The minimum atomic E-state index is -0.719. The Hall–Kier alpha value is -2.44. The number of fused-ring (bicyclic) bond motifs is 1. The lowest BCUT2D eigenvalue weighted by Crippen LogP contribution is -2.49. The average Bonchev–Trinajstić information content (AvgIpc) is 2.41. The first-order chi connectivity index (χ1) is 9.45. The number of anilines is 1. The van der Waals surface area contributed by atoms with Crippen molar-refractivity contribution in [1.29, 1.82) is 0 Å². The highest BCUT2D eigenvalue weighted by molar-refractivity contribution is 6.02. The zero-order valence-electron chi connectivity index (χ0n) is 11.0. The van der Waals surface area contributed by atoms with E-state index < -0.39 is 16.9 Å². The number of hydrogen-bond donors (Lipinski definition) is 1. The molecule has 7 nitrogen and oxygen atoms in total. The number of nitrogens with zero attached hydrogens (tertiary/aromatic N) is 2. The highest BCUT2D eigenvalue weighted by Gasteiger charge is 2.33. The summed E-state index contributed by atoms with van der Waals surface area (Å²) in [6.07, 6.45) is 1.05. The molecule has 0 radical (unpaired) electrons. The Bertz CT molecular complexity index is 585. The summed E-state index contributed by atoms with van der Waals surface area (Å²) in [5.41, 5.74) is 6.54. The van der Waals surface area contributed by atoms with E-state index in [0.717, 1.165) is 0 Å². The van der Waals surface area contributed by atoms with Crippen LogP contribution in [-0.2, 0) is 16.0 Å². The second kappa shape index (κ2) is 5.28. The van der Waals surface area contributed by atoms with Crippen LogP contribution in [0.3, 0.4) is 0 Å². The number of rotatable bonds is 4. The Morgan fingerprint density at radius 2 is 2.20 bits per heavy atom. The second-order valence-electron chi connectivity index (χ2n) is 4.66. The third-order valence-electron chi connectivity index (χ3n) is 3.44. The average molecular weight is 277 g/mol. The summed E-state index contributed by atoms with van der Waals surface area (Å²) in [5.74, 6) is -0.760. The number of primary amides is 1. The first-order valence-corrected chi connectivity index (χ1v) is 6.34. The first-order valence-electron chi connectivity index (χ1n) is 6.34. The van der Waals surface area contributed by atoms with Gasteiger partial charge in [0.2, 0.25) is 11.8 Å². The predicted octanol–water partition coefficient (Wildman–Crippen LogP) is 1.14. The zero-order chi connectivity index (χ0) is 14.9. The van der Waals surface area contributed by atoms with E-state index in [1.165, 1.54) is 23.1 Å². The summed E-state index contributed by atoms with van der Waals surface area (Å²) in [6, 6.07) is 3.57. The molecular formula is C13H15N3O4. The fraction of sp³-hybridized carbons (Fsp3) is 0.385. The molecule has 1 aromatic rings. The van der Waals surface area contributed by atoms with Gasteiger partial charge in [-0.1, -0.05) is 6.92 Å². The van der Waals surface area contributed by atoms with Crippen molar-refractivity contribution in [3.63, 3.8) is 0 Å². The smallest absolute Gasteiger partial charge is 0.269 e. The SMILES string of the molecule is CCC(C(N)=O)N1C(=O)CCc2cc([N+](=O)[O-])ccc21. The van der Waals surface area contributed by atoms with Gasteiger partial charge in [-0.15, -0.1) is 0 Å². The van der Waals surface area contributed by atoms with E-state index >= 15 is 0 Å². The molecule has 2 rings (SSSR count). The van der Waals surface area contributed by atoms with Crippen molar-refractivity contribution in [2.75, 3.05) is 4.90 Å². The Balaban J connectivity index is 2.49. The zero-order valence-corrected chi connectivity index (χ0v) is 11.0. The number of amides is 2. The maximum absolute atomic E-state index is 12.1. The number of nitro groups is 1. The van der Waals surface area contributed by atoms with Crippen LogP contribution in [0, 0.1) is 10.1 Å². The van der Waals surface area contributed by atoms with Crippen LogP contribution in [0.25, 0.3) is 0 Å². The van der Waals surface area contributed by atoms with Gasteiger partial charge in [0.25, 0.3) is 5.69 Å². The van der Waals surface area contributed by atoms with Gasteiger partial charge in [-0.25, -0.2) is 0 Å². The van der Waals surface area contributed by atoms with Gasteiger partial charge in [0.05, 0.1) is 4.92 Å². The molecule has 7 heteroatoms. The van der Waals surface area contributed by atoms with E-state index in [1.54, 1.807) is 6.92 Å². The Labute approximate surface area is 115 Å². The third kappa shape index (κ3) is 2.34. The van der Waals surface area contributed by atoms with Crippen LogP contribution >= 0.6 is 0 Å². The molecule has 0 spiro atoms. The Morgan fingerprint density at radius 3 is 2.75 bits per heavy atom. The van der Waals surface area contributed by atoms with Gasteiger partial charge in [0.1, 0.15) is 6.04 Å². The summed E-state index contributed by atoms with van der Waals surface area (Å²) in [5, 5.41) is 10.8. The normalized spacial score (nSPS) is 15.7. The van der Waals surface area contributed by atoms with Crippen LogP contribution in [0.5, 0.6) is 0 Å². The molecule has 1 aliphatic heterocycles. The van der Waals surface area contributed by atoms with Crippen molar-refractivity contribution >= 4 is 23.2 Å². The minimum absolute atomic E-state index is 0.0230. The van der Waals surface area contributed by atoms with Gasteiger partial charge in [0.15, 0.2) is 0 Å². The van der Waals surface area contributed by atoms with Crippen molar-refractivity contribution in [3.05, 3.63) is 33.9 Å². The molecule has 1 aliphatic rings. The number of nitro benzene ring substituents is 1. The van der Waals surface area contributed by atoms with Gasteiger partial charge in [-0.05, 0) is 24.5 Å². The Kier molecular flexibility index (Phi) is 3.69. The summed E-state index contributed by atoms with van der Waals surface area (Å²) in [4.78, 5) is 35.2. The van der Waals surface area contributed by atoms with Crippen LogP contribution in [0.1, 0.15) is 25.3 Å². The van der Waals surface area contributed by atoms with E-state index in [4.69, 9.17) is 5.73 Å². The maximum Gasteiger partial charge on any atom is 0.269 e. The van der Waals surface area contributed by atoms with Crippen LogP contribution in [-0.4, -0.2) is 22.8 Å². The van der Waals surface area contributed by atoms with Crippen LogP contribution in [0.15, 0.2) is 18.2 Å². The lowest BCUT2D eigenvalue weighted by molar-refractivity contribution is -0.384. The molecule has 0 bridgehead atoms. The van der Waals surface area contributed by atoms with Crippen LogP contribution in [0.2, 0.25) is 0 Å². The lowest BCUT2D eigenvalue weighted by Gasteiger charge is -2.34. The largest absolute Gasteiger partial charge is 0.368 e. The standard InChI is InChI=1S/C13H15N3O4/c1-2-10(13(14)18)15-11-5-4-9(16(19)20)7-8(11)3-6-12(15)17/h4-5,7,10H,2-3,6H2,1H3,(H2,14,18). The monoisotopic (exact) mass is 277 g/mol. The predicted molar refractivity (Wildman–Crippen MR) is 72.2 cm³/mol. The molecule has 106 valence electrons. The molecule has 20 heavy (non-hydrogen) atoms. The molecule has 1 heterocycles. The van der Waals surface area contributed by atoms with E-state index in [0.29, 0.717) is 24.1 Å². The number of non-ortho nitro benzene ring substituents is 1. The molecule has 0 saturated carbocycles. The fourth-order valence-corrected chi connectivity index (χ4v) is 2.47. The minimum Gasteiger partial charge on any atom is -0.368 e. The van der Waals surface area contributed by atoms with E-state index in [2.05, 4.69) is 0 Å². The summed E-state index contributed by atoms with van der Waals surface area (Å²) in [7, 11) is 0. The highest BCUT2D eigenvalue weighted by Crippen LogP contribution is 2.32. The fourth-order valence-electron chi connectivity index (χ4n) is 2.47. The maximum atomic E-state index is 12.1. The van der Waals surface area contributed by atoms with Gasteiger partial charge in [0, 0.05) is 24.2 Å². The molecule has 2 N–H and O–H groups in total. The third-order valence-corrected chi connectivity index (χ3v) is 3.44. The molecule has 2 amide bonds. The quantitative estimate of drug-likeness (QED) is 0.657. The lowest BCUT2D eigenvalue weighted by atomic mass is 9.97. The van der Waals surface area contributed by atoms with Crippen LogP contribution < -0.4 is 10.6 Å². The van der Waals surface area contributed by atoms with E-state index in [9.17, 15) is 19.7 Å². The number of nitrogens with two attached hydrogens (primary N) is 1. The van der Waals surface area contributed by atoms with Gasteiger partial charge in [-0.3, -0.25) is 24.6 Å². The van der Waals surface area contributed by atoms with E-state index in [1.807, 2.05) is 0 Å². The molecule has 0 aliphatic carbocycles. The topological polar surface area (TPSA) is 107 Å². The number of hydrogen-bond acceptors (Lipinski definition) is 4. The van der Waals surface area contributed by atoms with E-state index in [-0.39, 0.29) is 18.0 Å². The molecule has 1 atom stereocenters.